The summed E-state index contributed by atoms with van der Waals surface area (Å²) in [4.78, 5) is 61.8. The summed E-state index contributed by atoms with van der Waals surface area (Å²) >= 11 is 0.865. The van der Waals surface area contributed by atoms with Crippen LogP contribution in [0.2, 0.25) is 0 Å². The van der Waals surface area contributed by atoms with Crippen molar-refractivity contribution in [3.8, 4) is 0 Å². The number of hydrogen-bond acceptors (Lipinski definition) is 7. The number of ether oxygens (including phenoxy) is 1. The minimum atomic E-state index is -0.888. The van der Waals surface area contributed by atoms with Gasteiger partial charge in [0.25, 0.3) is 0 Å². The first-order valence-electron chi connectivity index (χ1n) is 11.7. The fourth-order valence-electron chi connectivity index (χ4n) is 3.45. The van der Waals surface area contributed by atoms with Gasteiger partial charge < -0.3 is 20.7 Å². The number of benzene rings is 1. The first kappa shape index (κ1) is 30.2. The van der Waals surface area contributed by atoms with E-state index in [2.05, 4.69) is 20.7 Å². The van der Waals surface area contributed by atoms with Gasteiger partial charge >= 0.3 is 5.97 Å². The zero-order chi connectivity index (χ0) is 26.4. The highest BCUT2D eigenvalue weighted by atomic mass is 32.2. The Labute approximate surface area is 211 Å². The number of thioether (sulfide) groups is 1. The second-order valence-electron chi connectivity index (χ2n) is 8.62. The van der Waals surface area contributed by atoms with Crippen LogP contribution in [-0.4, -0.2) is 60.3 Å². The highest BCUT2D eigenvalue weighted by Gasteiger charge is 2.30. The Morgan fingerprint density at radius 2 is 1.57 bits per heavy atom. The van der Waals surface area contributed by atoms with Crippen LogP contribution in [0, 0.1) is 5.92 Å². The maximum absolute atomic E-state index is 13.2. The van der Waals surface area contributed by atoms with E-state index in [0.29, 0.717) is 19.3 Å². The SMILES string of the molecule is CNC(=O)[C@H](Cc1ccccc1)NC(=O)[C@@H](CC(C)C)NC(=O)C(CCCC(=O)OC)SC(C)=O. The van der Waals surface area contributed by atoms with Gasteiger partial charge in [-0.2, -0.15) is 0 Å². The van der Waals surface area contributed by atoms with Crippen LogP contribution in [0.3, 0.4) is 0 Å². The molecule has 0 bridgehead atoms. The van der Waals surface area contributed by atoms with Crippen LogP contribution in [0.5, 0.6) is 0 Å². The van der Waals surface area contributed by atoms with Crippen molar-refractivity contribution in [2.75, 3.05) is 14.2 Å². The number of carbonyl (C=O) groups is 5. The third kappa shape index (κ3) is 11.9. The molecule has 3 N–H and O–H groups in total. The summed E-state index contributed by atoms with van der Waals surface area (Å²) in [6.45, 7) is 5.21. The molecule has 1 unspecified atom stereocenters. The molecule has 0 spiro atoms. The van der Waals surface area contributed by atoms with Crippen LogP contribution >= 0.6 is 11.8 Å². The van der Waals surface area contributed by atoms with E-state index in [0.717, 1.165) is 17.3 Å². The van der Waals surface area contributed by atoms with Crippen LogP contribution in [0.1, 0.15) is 52.0 Å². The lowest BCUT2D eigenvalue weighted by Gasteiger charge is -2.25. The number of hydrogen-bond donors (Lipinski definition) is 3. The number of likely N-dealkylation sites (N-methyl/N-ethyl adjacent to an activating group) is 1. The molecule has 0 saturated carbocycles. The Balaban J connectivity index is 2.96. The van der Waals surface area contributed by atoms with Crippen LogP contribution in [0.15, 0.2) is 30.3 Å². The lowest BCUT2D eigenvalue weighted by molar-refractivity contribution is -0.140. The van der Waals surface area contributed by atoms with Gasteiger partial charge in [0.2, 0.25) is 17.7 Å². The molecule has 3 atom stereocenters. The van der Waals surface area contributed by atoms with E-state index in [-0.39, 0.29) is 29.8 Å². The molecule has 0 fully saturated rings. The molecule has 0 aliphatic heterocycles. The summed E-state index contributed by atoms with van der Waals surface area (Å²) in [5.74, 6) is -1.60. The molecule has 1 aromatic rings. The van der Waals surface area contributed by atoms with E-state index >= 15 is 0 Å². The summed E-state index contributed by atoms with van der Waals surface area (Å²) in [5, 5.41) is 7.11. The molecule has 0 aromatic heterocycles. The maximum atomic E-state index is 13.2. The van der Waals surface area contributed by atoms with E-state index in [1.54, 1.807) is 0 Å². The fourth-order valence-corrected chi connectivity index (χ4v) is 4.31. The monoisotopic (exact) mass is 507 g/mol. The second kappa shape index (κ2) is 15.9. The highest BCUT2D eigenvalue weighted by molar-refractivity contribution is 8.14. The third-order valence-corrected chi connectivity index (χ3v) is 6.24. The van der Waals surface area contributed by atoms with Crippen LogP contribution in [-0.2, 0) is 35.1 Å². The van der Waals surface area contributed by atoms with Crippen molar-refractivity contribution >= 4 is 40.6 Å². The molecule has 10 heteroatoms. The van der Waals surface area contributed by atoms with Gasteiger partial charge in [-0.1, -0.05) is 55.9 Å². The van der Waals surface area contributed by atoms with Crippen molar-refractivity contribution in [1.82, 2.24) is 16.0 Å². The van der Waals surface area contributed by atoms with E-state index < -0.39 is 35.1 Å². The molecular formula is C25H37N3O6S. The summed E-state index contributed by atoms with van der Waals surface area (Å²) in [7, 11) is 2.79. The minimum absolute atomic E-state index is 0.0804. The van der Waals surface area contributed by atoms with Crippen molar-refractivity contribution in [2.24, 2.45) is 5.92 Å². The van der Waals surface area contributed by atoms with Crippen LogP contribution in [0.4, 0.5) is 0 Å². The highest BCUT2D eigenvalue weighted by Crippen LogP contribution is 2.20. The zero-order valence-corrected chi connectivity index (χ0v) is 21.9. The first-order chi connectivity index (χ1) is 16.6. The lowest BCUT2D eigenvalue weighted by Crippen LogP contribution is -2.55. The van der Waals surface area contributed by atoms with E-state index in [1.807, 2.05) is 44.2 Å². The fraction of sp³-hybridized carbons (Fsp3) is 0.560. The number of rotatable bonds is 14. The van der Waals surface area contributed by atoms with Gasteiger partial charge in [0.05, 0.1) is 12.4 Å². The van der Waals surface area contributed by atoms with Crippen molar-refractivity contribution in [1.29, 1.82) is 0 Å². The third-order valence-electron chi connectivity index (χ3n) is 5.18. The topological polar surface area (TPSA) is 131 Å². The predicted octanol–water partition coefficient (Wildman–Crippen LogP) is 1.98. The molecule has 3 amide bonds. The summed E-state index contributed by atoms with van der Waals surface area (Å²) in [6.07, 6.45) is 1.41. The number of methoxy groups -OCH3 is 1. The van der Waals surface area contributed by atoms with Crippen LogP contribution in [0.25, 0.3) is 0 Å². The van der Waals surface area contributed by atoms with E-state index in [4.69, 9.17) is 0 Å². The number of amides is 3. The van der Waals surface area contributed by atoms with Gasteiger partial charge in [-0.25, -0.2) is 0 Å². The quantitative estimate of drug-likeness (QED) is 0.328. The van der Waals surface area contributed by atoms with Gasteiger partial charge in [-0.15, -0.1) is 0 Å². The van der Waals surface area contributed by atoms with Gasteiger partial charge in [0, 0.05) is 26.8 Å². The first-order valence-corrected chi connectivity index (χ1v) is 12.6. The van der Waals surface area contributed by atoms with E-state index in [1.165, 1.54) is 21.1 Å². The molecule has 9 nitrogen and oxygen atoms in total. The zero-order valence-electron chi connectivity index (χ0n) is 21.1. The molecule has 1 aromatic carbocycles. The largest absolute Gasteiger partial charge is 0.469 e. The molecule has 0 heterocycles. The Kier molecular flexibility index (Phi) is 13.7. The number of nitrogens with one attached hydrogen (secondary N) is 3. The average molecular weight is 508 g/mol. The predicted molar refractivity (Wildman–Crippen MR) is 135 cm³/mol. The number of carbonyl (C=O) groups excluding carboxylic acids is 5. The molecule has 194 valence electrons. The summed E-state index contributed by atoms with van der Waals surface area (Å²) < 4.78 is 4.62. The lowest BCUT2D eigenvalue weighted by atomic mass is 10.0. The Bertz CT molecular complexity index is 862. The Morgan fingerprint density at radius 3 is 2.11 bits per heavy atom. The van der Waals surface area contributed by atoms with Crippen molar-refractivity contribution in [3.05, 3.63) is 35.9 Å². The summed E-state index contributed by atoms with van der Waals surface area (Å²) in [6, 6.07) is 7.61. The molecule has 1 rings (SSSR count). The smallest absolute Gasteiger partial charge is 0.305 e. The molecule has 0 aliphatic carbocycles. The van der Waals surface area contributed by atoms with Crippen molar-refractivity contribution in [2.45, 2.75) is 70.2 Å². The van der Waals surface area contributed by atoms with Crippen LogP contribution < -0.4 is 16.0 Å². The molecule has 0 radical (unpaired) electrons. The van der Waals surface area contributed by atoms with Crippen molar-refractivity contribution in [3.63, 3.8) is 0 Å². The van der Waals surface area contributed by atoms with Crippen molar-refractivity contribution < 1.29 is 28.7 Å². The standard InChI is InChI=1S/C25H37N3O6S/c1-16(2)14-19(28-25(33)21(35-17(3)29)12-9-13-22(30)34-5)24(32)27-20(23(31)26-4)15-18-10-7-6-8-11-18/h6-8,10-11,16,19-21H,9,12-15H2,1-5H3,(H,26,31)(H,27,32)(H,28,33)/t19-,20+,21?/m1/s1. The number of esters is 1. The van der Waals surface area contributed by atoms with Gasteiger partial charge in [-0.3, -0.25) is 24.0 Å². The molecular weight excluding hydrogens is 470 g/mol. The van der Waals surface area contributed by atoms with Gasteiger partial charge in [-0.05, 0) is 30.7 Å². The Morgan fingerprint density at radius 1 is 0.943 bits per heavy atom. The molecule has 35 heavy (non-hydrogen) atoms. The normalized spacial score (nSPS) is 13.3. The Hall–Kier alpha value is -2.88. The second-order valence-corrected chi connectivity index (χ2v) is 10.0. The van der Waals surface area contributed by atoms with Gasteiger partial charge in [0.1, 0.15) is 12.1 Å². The van der Waals surface area contributed by atoms with E-state index in [9.17, 15) is 24.0 Å². The maximum Gasteiger partial charge on any atom is 0.305 e. The average Bonchev–Trinajstić information content (AvgIpc) is 2.81. The molecule has 0 aliphatic rings. The minimum Gasteiger partial charge on any atom is -0.469 e. The summed E-state index contributed by atoms with van der Waals surface area (Å²) in [5.41, 5.74) is 0.884. The molecule has 0 saturated heterocycles. The van der Waals surface area contributed by atoms with Gasteiger partial charge in [0.15, 0.2) is 5.12 Å².